The van der Waals surface area contributed by atoms with Gasteiger partial charge in [-0.05, 0) is 42.6 Å². The maximum atomic E-state index is 14.0. The van der Waals surface area contributed by atoms with Crippen LogP contribution in [0.1, 0.15) is 25.2 Å². The number of hydrogen-bond donors (Lipinski definition) is 1. The van der Waals surface area contributed by atoms with Crippen LogP contribution in [-0.2, 0) is 12.8 Å². The van der Waals surface area contributed by atoms with E-state index in [1.54, 1.807) is 6.92 Å². The number of hydrogen-bond acceptors (Lipinski definition) is 5. The normalized spacial score (nSPS) is 12.7. The second-order valence-corrected chi connectivity index (χ2v) is 6.51. The summed E-state index contributed by atoms with van der Waals surface area (Å²) >= 11 is 2.12. The van der Waals surface area contributed by atoms with E-state index >= 15 is 0 Å². The van der Waals surface area contributed by atoms with Crippen molar-refractivity contribution >= 4 is 23.3 Å². The van der Waals surface area contributed by atoms with Gasteiger partial charge in [0.05, 0.1) is 4.90 Å². The minimum atomic E-state index is -0.584. The molecule has 0 radical (unpaired) electrons. The number of aryl methyl sites for hydroxylation is 1. The molecule has 0 saturated heterocycles. The van der Waals surface area contributed by atoms with E-state index in [0.717, 1.165) is 23.3 Å². The lowest BCUT2D eigenvalue weighted by Gasteiger charge is -2.08. The fourth-order valence-corrected chi connectivity index (χ4v) is 3.36. The van der Waals surface area contributed by atoms with Crippen molar-refractivity contribution in [3.05, 3.63) is 35.2 Å². The first-order chi connectivity index (χ1) is 9.49. The third-order valence-electron chi connectivity index (χ3n) is 2.57. The zero-order valence-electron chi connectivity index (χ0n) is 11.2. The van der Waals surface area contributed by atoms with Crippen molar-refractivity contribution in [1.29, 1.82) is 0 Å². The highest BCUT2D eigenvalue weighted by atomic mass is 32.2. The van der Waals surface area contributed by atoms with Crippen molar-refractivity contribution in [1.82, 2.24) is 9.36 Å². The maximum Gasteiger partial charge on any atom is 0.175 e. The van der Waals surface area contributed by atoms with Crippen LogP contribution in [0.2, 0.25) is 0 Å². The first kappa shape index (κ1) is 15.3. The van der Waals surface area contributed by atoms with Crippen LogP contribution < -0.4 is 5.73 Å². The highest BCUT2D eigenvalue weighted by Crippen LogP contribution is 2.33. The summed E-state index contributed by atoms with van der Waals surface area (Å²) in [5.41, 5.74) is 6.20. The predicted molar refractivity (Wildman–Crippen MR) is 77.1 cm³/mol. The van der Waals surface area contributed by atoms with E-state index in [-0.39, 0.29) is 10.9 Å². The molecule has 0 amide bonds. The molecule has 0 spiro atoms. The molecule has 3 nitrogen and oxygen atoms in total. The van der Waals surface area contributed by atoms with E-state index in [1.807, 2.05) is 6.92 Å². The molecule has 0 aliphatic rings. The Morgan fingerprint density at radius 3 is 2.50 bits per heavy atom. The Hall–Kier alpha value is -1.05. The second-order valence-electron chi connectivity index (χ2n) is 4.50. The van der Waals surface area contributed by atoms with Crippen LogP contribution in [0.25, 0.3) is 0 Å². The molecule has 2 rings (SSSR count). The predicted octanol–water partition coefficient (Wildman–Crippen LogP) is 3.42. The van der Waals surface area contributed by atoms with Gasteiger partial charge in [0, 0.05) is 12.5 Å². The van der Waals surface area contributed by atoms with E-state index in [2.05, 4.69) is 9.36 Å². The molecular weight excluding hydrogens is 300 g/mol. The van der Waals surface area contributed by atoms with Gasteiger partial charge >= 0.3 is 0 Å². The number of aromatic nitrogens is 2. The third kappa shape index (κ3) is 3.74. The van der Waals surface area contributed by atoms with Crippen LogP contribution in [0.3, 0.4) is 0 Å². The zero-order valence-corrected chi connectivity index (χ0v) is 12.8. The molecule has 0 aliphatic carbocycles. The Morgan fingerprint density at radius 1 is 1.35 bits per heavy atom. The molecule has 20 heavy (non-hydrogen) atoms. The van der Waals surface area contributed by atoms with Gasteiger partial charge in [-0.15, -0.1) is 0 Å². The smallest absolute Gasteiger partial charge is 0.175 e. The standard InChI is InChI=1S/C13H15F2N3S2/c1-3-11-17-13(20-18-11)19-12-9(14)5-8(4-7(2)16)6-10(12)15/h5-7H,3-4,16H2,1-2H3. The van der Waals surface area contributed by atoms with Crippen LogP contribution in [0.4, 0.5) is 8.78 Å². The highest BCUT2D eigenvalue weighted by molar-refractivity contribution is 8.01. The maximum absolute atomic E-state index is 14.0. The number of nitrogens with two attached hydrogens (primary N) is 1. The Labute approximate surface area is 124 Å². The van der Waals surface area contributed by atoms with Crippen molar-refractivity contribution in [3.63, 3.8) is 0 Å². The molecule has 1 aromatic heterocycles. The van der Waals surface area contributed by atoms with Gasteiger partial charge < -0.3 is 5.73 Å². The van der Waals surface area contributed by atoms with E-state index < -0.39 is 11.6 Å². The molecule has 2 N–H and O–H groups in total. The van der Waals surface area contributed by atoms with Gasteiger partial charge in [0.1, 0.15) is 17.5 Å². The molecule has 1 unspecified atom stereocenters. The molecule has 0 fully saturated rings. The minimum Gasteiger partial charge on any atom is -0.328 e. The van der Waals surface area contributed by atoms with Crippen molar-refractivity contribution in [2.45, 2.75) is 42.0 Å². The molecule has 1 aromatic carbocycles. The SMILES string of the molecule is CCc1nsc(Sc2c(F)cc(CC(C)N)cc2F)n1. The largest absolute Gasteiger partial charge is 0.328 e. The van der Waals surface area contributed by atoms with E-state index in [1.165, 1.54) is 12.1 Å². The summed E-state index contributed by atoms with van der Waals surface area (Å²) in [5, 5.41) is 0. The van der Waals surface area contributed by atoms with Gasteiger partial charge in [-0.25, -0.2) is 13.8 Å². The molecule has 7 heteroatoms. The van der Waals surface area contributed by atoms with Crippen molar-refractivity contribution in [2.75, 3.05) is 0 Å². The number of rotatable bonds is 5. The van der Waals surface area contributed by atoms with Gasteiger partial charge in [0.2, 0.25) is 0 Å². The summed E-state index contributed by atoms with van der Waals surface area (Å²) in [5.74, 6) is -0.482. The molecule has 108 valence electrons. The summed E-state index contributed by atoms with van der Waals surface area (Å²) in [6.07, 6.45) is 1.15. The van der Waals surface area contributed by atoms with E-state index in [4.69, 9.17) is 5.73 Å². The van der Waals surface area contributed by atoms with Crippen LogP contribution in [0, 0.1) is 11.6 Å². The summed E-state index contributed by atoms with van der Waals surface area (Å²) in [4.78, 5) is 4.15. The Balaban J connectivity index is 2.23. The van der Waals surface area contributed by atoms with Crippen LogP contribution in [0.5, 0.6) is 0 Å². The Morgan fingerprint density at radius 2 is 2.00 bits per heavy atom. The van der Waals surface area contributed by atoms with Crippen LogP contribution in [0.15, 0.2) is 21.4 Å². The van der Waals surface area contributed by atoms with Crippen molar-refractivity contribution in [2.24, 2.45) is 5.73 Å². The van der Waals surface area contributed by atoms with E-state index in [0.29, 0.717) is 28.6 Å². The Kier molecular flexibility index (Phi) is 5.06. The average Bonchev–Trinajstić information content (AvgIpc) is 2.81. The summed E-state index contributed by atoms with van der Waals surface area (Å²) < 4.78 is 32.6. The average molecular weight is 315 g/mol. The molecule has 0 saturated carbocycles. The van der Waals surface area contributed by atoms with E-state index in [9.17, 15) is 8.78 Å². The third-order valence-corrected chi connectivity index (χ3v) is 4.45. The molecule has 1 atom stereocenters. The number of halogens is 2. The molecule has 0 aliphatic heterocycles. The quantitative estimate of drug-likeness (QED) is 0.918. The lowest BCUT2D eigenvalue weighted by atomic mass is 10.1. The first-order valence-electron chi connectivity index (χ1n) is 6.23. The second kappa shape index (κ2) is 6.60. The minimum absolute atomic E-state index is 0.0442. The number of nitrogens with zero attached hydrogens (tertiary/aromatic N) is 2. The van der Waals surface area contributed by atoms with Crippen molar-refractivity contribution in [3.8, 4) is 0 Å². The fraction of sp³-hybridized carbons (Fsp3) is 0.385. The highest BCUT2D eigenvalue weighted by Gasteiger charge is 2.15. The Bertz CT molecular complexity index is 576. The molecule has 0 bridgehead atoms. The first-order valence-corrected chi connectivity index (χ1v) is 7.82. The number of benzene rings is 1. The lowest BCUT2D eigenvalue weighted by Crippen LogP contribution is -2.18. The van der Waals surface area contributed by atoms with Gasteiger partial charge in [-0.1, -0.05) is 18.7 Å². The zero-order chi connectivity index (χ0) is 14.7. The summed E-state index contributed by atoms with van der Waals surface area (Å²) in [7, 11) is 0. The molecule has 2 aromatic rings. The monoisotopic (exact) mass is 315 g/mol. The summed E-state index contributed by atoms with van der Waals surface area (Å²) in [6.45, 7) is 3.73. The summed E-state index contributed by atoms with van der Waals surface area (Å²) in [6, 6.07) is 2.52. The topological polar surface area (TPSA) is 51.8 Å². The molecular formula is C13H15F2N3S2. The van der Waals surface area contributed by atoms with Crippen molar-refractivity contribution < 1.29 is 8.78 Å². The lowest BCUT2D eigenvalue weighted by molar-refractivity contribution is 0.535. The molecule has 1 heterocycles. The van der Waals surface area contributed by atoms with Gasteiger partial charge in [0.25, 0.3) is 0 Å². The van der Waals surface area contributed by atoms with Gasteiger partial charge in [0.15, 0.2) is 4.34 Å². The van der Waals surface area contributed by atoms with Gasteiger partial charge in [-0.3, -0.25) is 0 Å². The van der Waals surface area contributed by atoms with Gasteiger partial charge in [-0.2, -0.15) is 4.37 Å². The fourth-order valence-electron chi connectivity index (χ4n) is 1.71. The van der Waals surface area contributed by atoms with Crippen LogP contribution >= 0.6 is 23.3 Å². The van der Waals surface area contributed by atoms with Crippen LogP contribution in [-0.4, -0.2) is 15.4 Å².